The third kappa shape index (κ3) is 6.74. The van der Waals surface area contributed by atoms with Gasteiger partial charge in [0.1, 0.15) is 0 Å². The molecule has 67 heavy (non-hydrogen) atoms. The molecule has 4 unspecified atom stereocenters. The van der Waals surface area contributed by atoms with Crippen molar-refractivity contribution in [2.45, 2.75) is 105 Å². The fourth-order valence-electron chi connectivity index (χ4n) is 15.8. The molecule has 1 heterocycles. The van der Waals surface area contributed by atoms with E-state index in [4.69, 9.17) is 0 Å². The van der Waals surface area contributed by atoms with E-state index in [0.29, 0.717) is 19.2 Å². The van der Waals surface area contributed by atoms with Crippen LogP contribution in [-0.2, 0) is 20.0 Å². The van der Waals surface area contributed by atoms with E-state index in [1.807, 2.05) is 11.1 Å². The van der Waals surface area contributed by atoms with Gasteiger partial charge in [-0.05, 0) is 0 Å². The first-order chi connectivity index (χ1) is 32.3. The van der Waals surface area contributed by atoms with Gasteiger partial charge in [0.05, 0.1) is 0 Å². The molecule has 0 N–H and O–H groups in total. The van der Waals surface area contributed by atoms with Crippen LogP contribution in [0.2, 0.25) is 7.35 Å². The minimum atomic E-state index is -3.59. The first-order valence-corrected chi connectivity index (χ1v) is 34.1. The van der Waals surface area contributed by atoms with Crippen LogP contribution in [-0.4, -0.2) is 0 Å². The van der Waals surface area contributed by atoms with Gasteiger partial charge in [-0.1, -0.05) is 0 Å². The molecule has 0 radical (unpaired) electrons. The summed E-state index contributed by atoms with van der Waals surface area (Å²) in [6.07, 6.45) is 25.6. The molecule has 0 amide bonds. The first kappa shape index (κ1) is 44.0. The van der Waals surface area contributed by atoms with Crippen molar-refractivity contribution in [1.82, 2.24) is 0 Å². The molecule has 8 aromatic carbocycles. The van der Waals surface area contributed by atoms with Crippen molar-refractivity contribution in [1.29, 1.82) is 0 Å². The van der Waals surface area contributed by atoms with Gasteiger partial charge in [0.15, 0.2) is 0 Å². The van der Waals surface area contributed by atoms with Crippen LogP contribution in [0.3, 0.4) is 0 Å². The Balaban J connectivity index is 0.00000234. The molecule has 3 heteroatoms. The molecule has 0 nitrogen and oxygen atoms in total. The van der Waals surface area contributed by atoms with Crippen LogP contribution in [0.4, 0.5) is 0 Å². The van der Waals surface area contributed by atoms with Crippen molar-refractivity contribution < 1.29 is 44.8 Å². The predicted octanol–water partition coefficient (Wildman–Crippen LogP) is 12.7. The van der Waals surface area contributed by atoms with Crippen molar-refractivity contribution in [2.75, 3.05) is 0 Å². The van der Waals surface area contributed by atoms with Crippen LogP contribution in [0.1, 0.15) is 119 Å². The molecule has 3 saturated carbocycles. The zero-order valence-electron chi connectivity index (χ0n) is 38.6. The van der Waals surface area contributed by atoms with Gasteiger partial charge in [-0.3, -0.25) is 0 Å². The van der Waals surface area contributed by atoms with Crippen molar-refractivity contribution in [2.24, 2.45) is 11.8 Å². The smallest absolute Gasteiger partial charge is 1.00 e. The molecule has 4 atom stereocenters. The zero-order chi connectivity index (χ0) is 42.6. The molecule has 5 aliphatic carbocycles. The quantitative estimate of drug-likeness (QED) is 0.115. The predicted molar refractivity (Wildman–Crippen MR) is 274 cm³/mol. The normalized spacial score (nSPS) is 23.7. The number of allylic oxidation sites excluding steroid dienone is 2. The van der Waals surface area contributed by atoms with Crippen molar-refractivity contribution >= 4 is 55.2 Å². The Hall–Kier alpha value is -4.27. The number of benzene rings is 8. The summed E-state index contributed by atoms with van der Waals surface area (Å²) in [5, 5.41) is 11.0. The molecule has 334 valence electrons. The maximum Gasteiger partial charge on any atom is -1.00 e. The van der Waals surface area contributed by atoms with Crippen LogP contribution < -0.4 is 24.8 Å². The maximum atomic E-state index is 2.90. The molecule has 0 aromatic heterocycles. The summed E-state index contributed by atoms with van der Waals surface area (Å²) in [6.45, 7) is 0. The van der Waals surface area contributed by atoms with E-state index in [-0.39, 0.29) is 24.8 Å². The molecule has 0 spiro atoms. The molecule has 1 aliphatic heterocycles. The summed E-state index contributed by atoms with van der Waals surface area (Å²) >= 11 is -3.59. The Kier molecular flexibility index (Phi) is 11.6. The summed E-state index contributed by atoms with van der Waals surface area (Å²) in [6, 6.07) is 57.2. The average Bonchev–Trinajstić information content (AvgIpc) is 3.61. The summed E-state index contributed by atoms with van der Waals surface area (Å²) in [5.74, 6) is 1.43. The van der Waals surface area contributed by atoms with Crippen LogP contribution in [0.25, 0.3) is 77.5 Å². The number of rotatable bonds is 6. The Labute approximate surface area is 414 Å². The van der Waals surface area contributed by atoms with Gasteiger partial charge in [-0.25, -0.2) is 0 Å². The third-order valence-corrected chi connectivity index (χ3v) is 43.0. The van der Waals surface area contributed by atoms with Crippen LogP contribution in [0, 0.1) is 11.8 Å². The number of hydrogen-bond acceptors (Lipinski definition) is 0. The monoisotopic (exact) mass is 1080 g/mol. The maximum absolute atomic E-state index is 3.59. The Bertz CT molecular complexity index is 2960. The van der Waals surface area contributed by atoms with Gasteiger partial charge < -0.3 is 24.8 Å². The molecule has 4 fully saturated rings. The van der Waals surface area contributed by atoms with Gasteiger partial charge in [0, 0.05) is 0 Å². The van der Waals surface area contributed by atoms with Crippen molar-refractivity contribution in [3.05, 3.63) is 179 Å². The Morgan fingerprint density at radius 2 is 0.687 bits per heavy atom. The molecular formula is C64H60Cl2Hf. The van der Waals surface area contributed by atoms with Gasteiger partial charge in [0.25, 0.3) is 0 Å². The van der Waals surface area contributed by atoms with E-state index in [9.17, 15) is 0 Å². The average molecular weight is 1080 g/mol. The van der Waals surface area contributed by atoms with E-state index < -0.39 is 20.0 Å². The minimum Gasteiger partial charge on any atom is -1.00 e. The Morgan fingerprint density at radius 3 is 1.06 bits per heavy atom. The van der Waals surface area contributed by atoms with Gasteiger partial charge in [-0.15, -0.1) is 0 Å². The van der Waals surface area contributed by atoms with E-state index >= 15 is 0 Å². The second-order valence-corrected chi connectivity index (χ2v) is 38.0. The van der Waals surface area contributed by atoms with E-state index in [2.05, 4.69) is 158 Å². The van der Waals surface area contributed by atoms with Gasteiger partial charge in [-0.2, -0.15) is 0 Å². The third-order valence-electron chi connectivity index (χ3n) is 18.4. The van der Waals surface area contributed by atoms with E-state index in [1.54, 1.807) is 22.3 Å². The van der Waals surface area contributed by atoms with Gasteiger partial charge in [0.2, 0.25) is 0 Å². The summed E-state index contributed by atoms with van der Waals surface area (Å²) in [7, 11) is 0. The summed E-state index contributed by atoms with van der Waals surface area (Å²) in [5.41, 5.74) is 16.4. The largest absolute Gasteiger partial charge is 1.00 e. The van der Waals surface area contributed by atoms with Crippen LogP contribution in [0.5, 0.6) is 0 Å². The van der Waals surface area contributed by atoms with E-state index in [1.165, 1.54) is 155 Å². The van der Waals surface area contributed by atoms with Crippen molar-refractivity contribution in [3.63, 3.8) is 0 Å². The fourth-order valence-corrected chi connectivity index (χ4v) is 51.4. The Morgan fingerprint density at radius 1 is 0.343 bits per heavy atom. The minimum absolute atomic E-state index is 0. The number of halogens is 2. The van der Waals surface area contributed by atoms with E-state index in [0.717, 1.165) is 7.35 Å². The number of fused-ring (bicyclic) bond motifs is 7. The zero-order valence-corrected chi connectivity index (χ0v) is 43.7. The van der Waals surface area contributed by atoms with Crippen molar-refractivity contribution in [3.8, 4) is 22.3 Å². The fraction of sp³-hybridized carbons (Fsp3) is 0.312. The second-order valence-electron chi connectivity index (χ2n) is 21.3. The van der Waals surface area contributed by atoms with Crippen LogP contribution in [0.15, 0.2) is 157 Å². The topological polar surface area (TPSA) is 0 Å². The molecule has 8 aromatic rings. The van der Waals surface area contributed by atoms with Gasteiger partial charge >= 0.3 is 393 Å². The number of hydrogen-bond donors (Lipinski definition) is 0. The molecular weight excluding hydrogens is 1020 g/mol. The molecule has 14 rings (SSSR count). The standard InChI is InChI=1S/2C29H25.C6H10.2ClH.Hf/c2*1-2-9-20(10-3-1)24-18-23-13-8-16-27(28(23)19-24)29-25-14-6-4-11-21(25)17-22-12-5-7-15-26(22)29;1-2-4-6-5-3-1;;;/h2*4-8,11-20H,1-3,9-10H2;1-2H,3-6H2;2*1H;/q;;;;;+2/p-2. The molecule has 6 aliphatic rings. The van der Waals surface area contributed by atoms with Crippen LogP contribution >= 0.6 is 0 Å². The SMILES string of the molecule is C1=C(C2CCCCC2)[CH]([Hf+2]2([CH]3C(C4CCCCC4)=Cc4c(-c5c6ccccc6cc6ccccc56)cccc43)[CH]3CCCC[CH]32)c2cccc(-c3c4ccccc4cc4ccccc34)c21.[Cl-].[Cl-]. The first-order valence-electron chi connectivity index (χ1n) is 25.8. The summed E-state index contributed by atoms with van der Waals surface area (Å²) in [4.78, 5) is 0. The second kappa shape index (κ2) is 17.6. The summed E-state index contributed by atoms with van der Waals surface area (Å²) < 4.78 is 3.29. The molecule has 1 saturated heterocycles. The molecule has 0 bridgehead atoms.